The van der Waals surface area contributed by atoms with Crippen LogP contribution in [0.2, 0.25) is 0 Å². The first-order chi connectivity index (χ1) is 14.4. The number of hydrogen-bond acceptors (Lipinski definition) is 5. The number of carbonyl (C=O) groups is 1. The van der Waals surface area contributed by atoms with Crippen molar-refractivity contribution in [2.45, 2.75) is 27.7 Å². The molecule has 1 aromatic carbocycles. The summed E-state index contributed by atoms with van der Waals surface area (Å²) < 4.78 is 0. The molecule has 0 saturated heterocycles. The zero-order valence-corrected chi connectivity index (χ0v) is 19.7. The fourth-order valence-electron chi connectivity index (χ4n) is 2.11. The van der Waals surface area contributed by atoms with Crippen LogP contribution in [0.1, 0.15) is 33.3 Å². The molecule has 6 heteroatoms. The van der Waals surface area contributed by atoms with E-state index in [-0.39, 0.29) is 0 Å². The lowest BCUT2D eigenvalue weighted by Crippen LogP contribution is -2.23. The van der Waals surface area contributed by atoms with Gasteiger partial charge < -0.3 is 15.4 Å². The molecule has 0 aliphatic rings. The second-order valence-electron chi connectivity index (χ2n) is 5.98. The Labute approximate surface area is 185 Å². The van der Waals surface area contributed by atoms with E-state index in [4.69, 9.17) is 4.79 Å². The van der Waals surface area contributed by atoms with E-state index in [1.54, 1.807) is 7.05 Å². The van der Waals surface area contributed by atoms with Crippen molar-refractivity contribution in [3.8, 4) is 0 Å². The first-order valence-electron chi connectivity index (χ1n) is 9.67. The zero-order chi connectivity index (χ0) is 22.8. The number of aliphatic imine (C=N–C) groups is 2. The fraction of sp³-hybridized carbons (Fsp3) is 0.292. The van der Waals surface area contributed by atoms with Crippen LogP contribution in [-0.4, -0.2) is 37.1 Å². The number of rotatable bonds is 7. The maximum absolute atomic E-state index is 8.81. The molecule has 0 bridgehead atoms. The van der Waals surface area contributed by atoms with Gasteiger partial charge in [0, 0.05) is 32.5 Å². The standard InChI is InChI=1S/C22H30N4S.C2H4O/c1-7-9-11-19(8-2)16-26-22(24-6)27-18(4)25-15-17(3)20-12-10-13-21(14-20)23-5;1-2-3/h7-15,23H,2,16H2,1,3-6H3,(H,24,26);2H,1H3/b9-7-,17-15+,19-11+,25-18?;. The van der Waals surface area contributed by atoms with Crippen molar-refractivity contribution < 1.29 is 4.79 Å². The number of allylic oxidation sites excluding steroid dienone is 4. The van der Waals surface area contributed by atoms with Crippen molar-refractivity contribution in [3.05, 3.63) is 72.5 Å². The zero-order valence-electron chi connectivity index (χ0n) is 18.9. The van der Waals surface area contributed by atoms with Crippen LogP contribution in [-0.2, 0) is 4.79 Å². The highest BCUT2D eigenvalue weighted by Crippen LogP contribution is 2.18. The van der Waals surface area contributed by atoms with E-state index in [2.05, 4.69) is 46.3 Å². The van der Waals surface area contributed by atoms with Crippen molar-refractivity contribution in [2.75, 3.05) is 26.0 Å². The van der Waals surface area contributed by atoms with E-state index >= 15 is 0 Å². The predicted molar refractivity (Wildman–Crippen MR) is 137 cm³/mol. The molecule has 0 radical (unpaired) electrons. The van der Waals surface area contributed by atoms with Gasteiger partial charge >= 0.3 is 0 Å². The van der Waals surface area contributed by atoms with Crippen molar-refractivity contribution in [3.63, 3.8) is 0 Å². The molecule has 0 atom stereocenters. The van der Waals surface area contributed by atoms with E-state index < -0.39 is 0 Å². The second-order valence-corrected chi connectivity index (χ2v) is 7.16. The Bertz CT molecular complexity index is 820. The molecule has 5 nitrogen and oxygen atoms in total. The number of carbonyl (C=O) groups excluding carboxylic acids is 1. The molecule has 0 aliphatic carbocycles. The third-order valence-electron chi connectivity index (χ3n) is 3.70. The van der Waals surface area contributed by atoms with Gasteiger partial charge in [0.2, 0.25) is 0 Å². The number of aldehydes is 1. The fourth-order valence-corrected chi connectivity index (χ4v) is 2.73. The highest BCUT2D eigenvalue weighted by atomic mass is 32.2. The molecule has 0 aliphatic heterocycles. The number of benzene rings is 1. The summed E-state index contributed by atoms with van der Waals surface area (Å²) in [6.45, 7) is 12.0. The number of nitrogens with zero attached hydrogens (tertiary/aromatic N) is 2. The van der Waals surface area contributed by atoms with Crippen LogP contribution in [0.25, 0.3) is 5.57 Å². The topological polar surface area (TPSA) is 65.8 Å². The second kappa shape index (κ2) is 17.0. The van der Waals surface area contributed by atoms with Gasteiger partial charge in [0.15, 0.2) is 5.17 Å². The van der Waals surface area contributed by atoms with Crippen LogP contribution < -0.4 is 10.6 Å². The summed E-state index contributed by atoms with van der Waals surface area (Å²) >= 11 is 1.52. The molecule has 30 heavy (non-hydrogen) atoms. The van der Waals surface area contributed by atoms with Crippen LogP contribution in [0, 0.1) is 0 Å². The maximum Gasteiger partial charge on any atom is 0.162 e. The van der Waals surface area contributed by atoms with Crippen LogP contribution in [0.3, 0.4) is 0 Å². The van der Waals surface area contributed by atoms with Gasteiger partial charge in [-0.1, -0.05) is 43.0 Å². The Morgan fingerprint density at radius 3 is 2.53 bits per heavy atom. The van der Waals surface area contributed by atoms with Crippen LogP contribution in [0.5, 0.6) is 0 Å². The molecule has 0 spiro atoms. The first-order valence-corrected chi connectivity index (χ1v) is 10.5. The lowest BCUT2D eigenvalue weighted by atomic mass is 10.1. The van der Waals surface area contributed by atoms with Gasteiger partial charge in [-0.05, 0) is 68.3 Å². The third kappa shape index (κ3) is 11.9. The van der Waals surface area contributed by atoms with Gasteiger partial charge in [-0.25, -0.2) is 0 Å². The molecular formula is C24H34N4OS. The molecule has 0 saturated carbocycles. The number of nitrogens with one attached hydrogen (secondary N) is 2. The Kier molecular flexibility index (Phi) is 15.4. The van der Waals surface area contributed by atoms with E-state index in [9.17, 15) is 0 Å². The van der Waals surface area contributed by atoms with Gasteiger partial charge in [-0.2, -0.15) is 0 Å². The molecule has 1 aromatic rings. The predicted octanol–water partition coefficient (Wildman–Crippen LogP) is 5.71. The highest BCUT2D eigenvalue weighted by Gasteiger charge is 2.03. The Morgan fingerprint density at radius 2 is 1.97 bits per heavy atom. The minimum Gasteiger partial charge on any atom is -0.388 e. The first kappa shape index (κ1) is 27.1. The summed E-state index contributed by atoms with van der Waals surface area (Å²) in [6.07, 6.45) is 10.5. The molecular weight excluding hydrogens is 392 g/mol. The summed E-state index contributed by atoms with van der Waals surface area (Å²) in [5.74, 6) is 0. The summed E-state index contributed by atoms with van der Waals surface area (Å²) in [5, 5.41) is 8.23. The average Bonchev–Trinajstić information content (AvgIpc) is 2.77. The van der Waals surface area contributed by atoms with Gasteiger partial charge in [-0.15, -0.1) is 0 Å². The van der Waals surface area contributed by atoms with Gasteiger partial charge in [0.05, 0.1) is 5.04 Å². The van der Waals surface area contributed by atoms with Gasteiger partial charge in [0.25, 0.3) is 0 Å². The minimum atomic E-state index is 0.673. The number of hydrogen-bond donors (Lipinski definition) is 2. The molecule has 0 amide bonds. The third-order valence-corrected chi connectivity index (χ3v) is 4.62. The van der Waals surface area contributed by atoms with E-state index in [1.165, 1.54) is 18.7 Å². The van der Waals surface area contributed by atoms with Crippen molar-refractivity contribution in [1.29, 1.82) is 0 Å². The number of amidine groups is 1. The van der Waals surface area contributed by atoms with Crippen molar-refractivity contribution in [2.24, 2.45) is 9.98 Å². The Hall–Kier alpha value is -2.86. The Morgan fingerprint density at radius 1 is 1.27 bits per heavy atom. The SMILES string of the molecule is C=C/C(=C\C=C/C)CNC(=NC)SC(C)=N/C=C(\C)c1cccc(NC)c1.CC=O. The van der Waals surface area contributed by atoms with Gasteiger partial charge in [0.1, 0.15) is 6.29 Å². The summed E-state index contributed by atoms with van der Waals surface area (Å²) in [4.78, 5) is 17.7. The smallest absolute Gasteiger partial charge is 0.162 e. The quantitative estimate of drug-likeness (QED) is 0.254. The molecule has 0 aromatic heterocycles. The van der Waals surface area contributed by atoms with Crippen molar-refractivity contribution in [1.82, 2.24) is 5.32 Å². The van der Waals surface area contributed by atoms with E-state index in [0.29, 0.717) is 6.54 Å². The number of anilines is 1. The summed E-state index contributed by atoms with van der Waals surface area (Å²) in [5.41, 5.74) is 4.45. The Balaban J connectivity index is 0.00000263. The summed E-state index contributed by atoms with van der Waals surface area (Å²) in [6, 6.07) is 8.27. The lowest BCUT2D eigenvalue weighted by Gasteiger charge is -2.09. The molecule has 1 rings (SSSR count). The van der Waals surface area contributed by atoms with Crippen LogP contribution in [0.4, 0.5) is 5.69 Å². The molecule has 0 fully saturated rings. The van der Waals surface area contributed by atoms with Crippen LogP contribution >= 0.6 is 11.8 Å². The summed E-state index contributed by atoms with van der Waals surface area (Å²) in [7, 11) is 3.69. The average molecular weight is 427 g/mol. The molecule has 0 heterocycles. The lowest BCUT2D eigenvalue weighted by molar-refractivity contribution is -0.106. The highest BCUT2D eigenvalue weighted by molar-refractivity contribution is 8.26. The van der Waals surface area contributed by atoms with E-state index in [1.807, 2.05) is 63.5 Å². The minimum absolute atomic E-state index is 0.673. The van der Waals surface area contributed by atoms with E-state index in [0.717, 1.165) is 38.9 Å². The normalized spacial score (nSPS) is 12.9. The van der Waals surface area contributed by atoms with Crippen molar-refractivity contribution >= 4 is 39.5 Å². The molecule has 162 valence electrons. The van der Waals surface area contributed by atoms with Gasteiger partial charge in [-0.3, -0.25) is 9.98 Å². The molecule has 2 N–H and O–H groups in total. The largest absolute Gasteiger partial charge is 0.388 e. The van der Waals surface area contributed by atoms with Crippen LogP contribution in [0.15, 0.2) is 76.9 Å². The maximum atomic E-state index is 8.81. The molecule has 0 unspecified atom stereocenters. The monoisotopic (exact) mass is 426 g/mol. The number of thioether (sulfide) groups is 1.